The number of carbonyl (C=O) groups excluding carboxylic acids is 1. The van der Waals surface area contributed by atoms with Gasteiger partial charge in [-0.05, 0) is 23.8 Å². The van der Waals surface area contributed by atoms with Crippen LogP contribution >= 0.6 is 0 Å². The van der Waals surface area contributed by atoms with Crippen LogP contribution in [0.3, 0.4) is 0 Å². The molecular weight excluding hydrogens is 314 g/mol. The maximum Gasteiger partial charge on any atom is 0.270 e. The Hall–Kier alpha value is -3.09. The van der Waals surface area contributed by atoms with Crippen LogP contribution in [0.5, 0.6) is 17.2 Å². The fourth-order valence-electron chi connectivity index (χ4n) is 2.87. The molecule has 0 N–H and O–H groups in total. The van der Waals surface area contributed by atoms with Crippen molar-refractivity contribution in [3.05, 3.63) is 57.6 Å². The largest absolute Gasteiger partial charge is 0.486 e. The minimum Gasteiger partial charge on any atom is -0.486 e. The van der Waals surface area contributed by atoms with Gasteiger partial charge in [-0.2, -0.15) is 0 Å². The Bertz CT molecular complexity index is 847. The number of rotatable bonds is 2. The number of nitrogens with zero attached hydrogens (tertiary/aromatic N) is 1. The Morgan fingerprint density at radius 1 is 1.00 bits per heavy atom. The molecular formula is C17H13NO6. The van der Waals surface area contributed by atoms with Gasteiger partial charge in [0.05, 0.1) is 16.9 Å². The summed E-state index contributed by atoms with van der Waals surface area (Å²) in [5, 5.41) is 10.8. The number of carbonyl (C=O) groups is 1. The van der Waals surface area contributed by atoms with Gasteiger partial charge in [-0.15, -0.1) is 0 Å². The van der Waals surface area contributed by atoms with Crippen LogP contribution in [0, 0.1) is 10.1 Å². The maximum atomic E-state index is 12.4. The summed E-state index contributed by atoms with van der Waals surface area (Å²) in [4.78, 5) is 22.7. The first-order valence-corrected chi connectivity index (χ1v) is 7.49. The smallest absolute Gasteiger partial charge is 0.270 e. The molecule has 0 spiro atoms. The molecule has 4 rings (SSSR count). The number of fused-ring (bicyclic) bond motifs is 2. The number of nitro benzene ring substituents is 1. The lowest BCUT2D eigenvalue weighted by molar-refractivity contribution is -0.384. The highest BCUT2D eigenvalue weighted by Gasteiger charge is 2.30. The number of ketones is 1. The lowest BCUT2D eigenvalue weighted by atomic mass is 9.95. The molecule has 7 heteroatoms. The predicted molar refractivity (Wildman–Crippen MR) is 82.8 cm³/mol. The van der Waals surface area contributed by atoms with E-state index in [1.165, 1.54) is 18.2 Å². The monoisotopic (exact) mass is 327 g/mol. The van der Waals surface area contributed by atoms with E-state index in [1.807, 2.05) is 12.1 Å². The molecule has 0 unspecified atom stereocenters. The van der Waals surface area contributed by atoms with Gasteiger partial charge in [0.15, 0.2) is 17.3 Å². The Balaban J connectivity index is 1.65. The average Bonchev–Trinajstić information content (AvgIpc) is 2.61. The van der Waals surface area contributed by atoms with Gasteiger partial charge in [-0.3, -0.25) is 14.9 Å². The summed E-state index contributed by atoms with van der Waals surface area (Å²) >= 11 is 0. The van der Waals surface area contributed by atoms with Crippen molar-refractivity contribution >= 4 is 11.5 Å². The van der Waals surface area contributed by atoms with Gasteiger partial charge in [-0.1, -0.05) is 6.07 Å². The molecule has 0 aromatic heterocycles. The minimum absolute atomic E-state index is 0.119. The van der Waals surface area contributed by atoms with E-state index in [0.717, 1.165) is 5.56 Å². The highest BCUT2D eigenvalue weighted by molar-refractivity contribution is 6.00. The Kier molecular flexibility index (Phi) is 3.34. The molecule has 0 saturated heterocycles. The van der Waals surface area contributed by atoms with Gasteiger partial charge in [0, 0.05) is 12.1 Å². The van der Waals surface area contributed by atoms with E-state index in [0.29, 0.717) is 30.5 Å². The van der Waals surface area contributed by atoms with Crippen molar-refractivity contribution in [1.82, 2.24) is 0 Å². The van der Waals surface area contributed by atoms with Crippen LogP contribution < -0.4 is 14.2 Å². The molecule has 2 aliphatic rings. The molecule has 7 nitrogen and oxygen atoms in total. The van der Waals surface area contributed by atoms with Crippen LogP contribution in [0.1, 0.15) is 28.4 Å². The lowest BCUT2D eigenvalue weighted by Gasteiger charge is -2.26. The van der Waals surface area contributed by atoms with Crippen LogP contribution in [0.2, 0.25) is 0 Å². The summed E-state index contributed by atoms with van der Waals surface area (Å²) in [7, 11) is 0. The van der Waals surface area contributed by atoms with Crippen molar-refractivity contribution in [2.24, 2.45) is 0 Å². The van der Waals surface area contributed by atoms with Crippen LogP contribution in [-0.2, 0) is 0 Å². The first kappa shape index (κ1) is 14.5. The number of hydrogen-bond donors (Lipinski definition) is 0. The number of hydrogen-bond acceptors (Lipinski definition) is 6. The van der Waals surface area contributed by atoms with E-state index < -0.39 is 11.0 Å². The first-order chi connectivity index (χ1) is 11.6. The zero-order valence-electron chi connectivity index (χ0n) is 12.6. The van der Waals surface area contributed by atoms with Crippen molar-refractivity contribution in [1.29, 1.82) is 0 Å². The Morgan fingerprint density at radius 2 is 1.75 bits per heavy atom. The third kappa shape index (κ3) is 2.44. The Labute approximate surface area is 136 Å². The summed E-state index contributed by atoms with van der Waals surface area (Å²) in [6, 6.07) is 9.50. The van der Waals surface area contributed by atoms with Crippen molar-refractivity contribution in [2.75, 3.05) is 13.2 Å². The van der Waals surface area contributed by atoms with E-state index in [4.69, 9.17) is 14.2 Å². The quantitative estimate of drug-likeness (QED) is 0.622. The first-order valence-electron chi connectivity index (χ1n) is 7.49. The summed E-state index contributed by atoms with van der Waals surface area (Å²) in [6.45, 7) is 0.990. The van der Waals surface area contributed by atoms with Crippen LogP contribution in [0.4, 0.5) is 5.69 Å². The minimum atomic E-state index is -0.527. The molecule has 1 atom stereocenters. The predicted octanol–water partition coefficient (Wildman–Crippen LogP) is 3.07. The number of non-ortho nitro benzene ring substituents is 1. The molecule has 24 heavy (non-hydrogen) atoms. The molecule has 2 aromatic rings. The standard InChI is InChI=1S/C17H13NO6/c19-13-9-16(10-1-3-15-17(7-10)23-6-5-22-15)24-14-4-2-11(18(20)21)8-12(13)14/h1-4,7-8,16H,5-6,9H2/t16-/m1/s1. The van der Waals surface area contributed by atoms with Crippen molar-refractivity contribution in [3.63, 3.8) is 0 Å². The molecule has 122 valence electrons. The van der Waals surface area contributed by atoms with Gasteiger partial charge in [0.1, 0.15) is 25.1 Å². The second kappa shape index (κ2) is 5.52. The SMILES string of the molecule is O=C1C[C@H](c2ccc3c(c2)OCCO3)Oc2ccc([N+](=O)[O-])cc21. The molecule has 2 aromatic carbocycles. The third-order valence-corrected chi connectivity index (χ3v) is 4.05. The van der Waals surface area contributed by atoms with E-state index in [-0.39, 0.29) is 23.5 Å². The second-order valence-electron chi connectivity index (χ2n) is 5.57. The van der Waals surface area contributed by atoms with Gasteiger partial charge >= 0.3 is 0 Å². The van der Waals surface area contributed by atoms with E-state index in [1.54, 1.807) is 6.07 Å². The topological polar surface area (TPSA) is 87.9 Å². The summed E-state index contributed by atoms with van der Waals surface area (Å²) in [5.74, 6) is 1.48. The fourth-order valence-corrected chi connectivity index (χ4v) is 2.87. The molecule has 0 bridgehead atoms. The van der Waals surface area contributed by atoms with E-state index >= 15 is 0 Å². The number of Topliss-reactive ketones (excluding diaryl/α,β-unsaturated/α-hetero) is 1. The maximum absolute atomic E-state index is 12.4. The van der Waals surface area contributed by atoms with Crippen molar-refractivity contribution in [3.8, 4) is 17.2 Å². The second-order valence-corrected chi connectivity index (χ2v) is 5.57. The highest BCUT2D eigenvalue weighted by Crippen LogP contribution is 2.39. The van der Waals surface area contributed by atoms with Crippen LogP contribution in [-0.4, -0.2) is 23.9 Å². The highest BCUT2D eigenvalue weighted by atomic mass is 16.6. The third-order valence-electron chi connectivity index (χ3n) is 4.05. The van der Waals surface area contributed by atoms with Gasteiger partial charge < -0.3 is 14.2 Å². The average molecular weight is 327 g/mol. The number of ether oxygens (including phenoxy) is 3. The molecule has 0 aliphatic carbocycles. The van der Waals surface area contributed by atoms with Crippen LogP contribution in [0.25, 0.3) is 0 Å². The van der Waals surface area contributed by atoms with Gasteiger partial charge in [0.25, 0.3) is 5.69 Å². The lowest BCUT2D eigenvalue weighted by Crippen LogP contribution is -2.21. The van der Waals surface area contributed by atoms with E-state index in [2.05, 4.69) is 0 Å². The van der Waals surface area contributed by atoms with Crippen molar-refractivity contribution < 1.29 is 23.9 Å². The normalized spacial score (nSPS) is 18.5. The van der Waals surface area contributed by atoms with Gasteiger partial charge in [-0.25, -0.2) is 0 Å². The Morgan fingerprint density at radius 3 is 2.54 bits per heavy atom. The molecule has 2 heterocycles. The zero-order chi connectivity index (χ0) is 16.7. The summed E-state index contributed by atoms with van der Waals surface area (Å²) in [6.07, 6.45) is -0.337. The number of nitro groups is 1. The molecule has 0 amide bonds. The fraction of sp³-hybridized carbons (Fsp3) is 0.235. The van der Waals surface area contributed by atoms with Crippen LogP contribution in [0.15, 0.2) is 36.4 Å². The molecule has 0 saturated carbocycles. The molecule has 0 radical (unpaired) electrons. The molecule has 0 fully saturated rings. The van der Waals surface area contributed by atoms with Crippen molar-refractivity contribution in [2.45, 2.75) is 12.5 Å². The molecule has 2 aliphatic heterocycles. The van der Waals surface area contributed by atoms with Gasteiger partial charge in [0.2, 0.25) is 0 Å². The summed E-state index contributed by atoms with van der Waals surface area (Å²) < 4.78 is 16.9. The zero-order valence-corrected chi connectivity index (χ0v) is 12.6. The van der Waals surface area contributed by atoms with E-state index in [9.17, 15) is 14.9 Å². The summed E-state index contributed by atoms with van der Waals surface area (Å²) in [5.41, 5.74) is 0.929. The number of benzene rings is 2.